The van der Waals surface area contributed by atoms with Crippen molar-refractivity contribution in [3.63, 3.8) is 0 Å². The first kappa shape index (κ1) is 19.0. The standard InChI is InChI=1S/C21H25N5O3/c1-15-11-25(13-22-15)18-7-6-16(10-19(18)28-3)9-17-5-4-8-26-20(12-24(2)14-27)29-23-21(17)26/h6-7,9-11,13-14,20H,4-5,8,12H2,1-3H3/b17-9+/t20-/m0/s1. The second kappa shape index (κ2) is 7.98. The number of carbonyl (C=O) groups excluding carboxylic acids is 1. The molecule has 0 N–H and O–H groups in total. The van der Waals surface area contributed by atoms with Gasteiger partial charge in [-0.25, -0.2) is 4.98 Å². The molecule has 0 radical (unpaired) electrons. The Hall–Kier alpha value is -3.29. The molecule has 0 aliphatic carbocycles. The van der Waals surface area contributed by atoms with E-state index in [-0.39, 0.29) is 6.23 Å². The Bertz CT molecular complexity index is 965. The van der Waals surface area contributed by atoms with Crippen LogP contribution in [0.3, 0.4) is 0 Å². The van der Waals surface area contributed by atoms with Crippen molar-refractivity contribution in [1.82, 2.24) is 19.4 Å². The zero-order valence-electron chi connectivity index (χ0n) is 16.9. The molecule has 1 fully saturated rings. The molecular formula is C21H25N5O3. The van der Waals surface area contributed by atoms with Gasteiger partial charge in [-0.15, -0.1) is 0 Å². The minimum atomic E-state index is -0.231. The van der Waals surface area contributed by atoms with E-state index in [1.54, 1.807) is 25.4 Å². The van der Waals surface area contributed by atoms with E-state index in [1.807, 2.05) is 29.8 Å². The first-order valence-corrected chi connectivity index (χ1v) is 9.65. The maximum atomic E-state index is 10.9. The molecule has 0 spiro atoms. The van der Waals surface area contributed by atoms with Crippen LogP contribution in [0.25, 0.3) is 11.8 Å². The molecule has 2 aliphatic rings. The minimum absolute atomic E-state index is 0.231. The highest BCUT2D eigenvalue weighted by Crippen LogP contribution is 2.30. The number of nitrogens with zero attached hydrogens (tertiary/aromatic N) is 5. The van der Waals surface area contributed by atoms with Gasteiger partial charge < -0.3 is 23.9 Å². The van der Waals surface area contributed by atoms with Gasteiger partial charge in [0.05, 0.1) is 31.4 Å². The van der Waals surface area contributed by atoms with Crippen LogP contribution < -0.4 is 4.74 Å². The predicted octanol–water partition coefficient (Wildman–Crippen LogP) is 2.43. The molecule has 0 bridgehead atoms. The number of ether oxygens (including phenoxy) is 1. The number of amides is 1. The van der Waals surface area contributed by atoms with Gasteiger partial charge in [-0.3, -0.25) is 4.79 Å². The zero-order chi connectivity index (χ0) is 20.4. The van der Waals surface area contributed by atoms with Crippen LogP contribution in [0.2, 0.25) is 0 Å². The van der Waals surface area contributed by atoms with E-state index in [9.17, 15) is 4.79 Å². The molecule has 0 saturated carbocycles. The summed E-state index contributed by atoms with van der Waals surface area (Å²) < 4.78 is 7.57. The fourth-order valence-corrected chi connectivity index (χ4v) is 3.71. The van der Waals surface area contributed by atoms with Gasteiger partial charge in [-0.2, -0.15) is 0 Å². The molecule has 8 nitrogen and oxygen atoms in total. The minimum Gasteiger partial charge on any atom is -0.495 e. The summed E-state index contributed by atoms with van der Waals surface area (Å²) in [5, 5.41) is 4.30. The SMILES string of the molecule is COc1cc(/C=C2\CCCN3C2=NO[C@H]3CN(C)C=O)ccc1-n1cnc(C)c1. The second-order valence-electron chi connectivity index (χ2n) is 7.34. The van der Waals surface area contributed by atoms with Crippen LogP contribution in [0.15, 0.2) is 41.5 Å². The average molecular weight is 395 g/mol. The molecule has 29 heavy (non-hydrogen) atoms. The highest BCUT2D eigenvalue weighted by atomic mass is 16.7. The van der Waals surface area contributed by atoms with Gasteiger partial charge in [-0.05, 0) is 49.1 Å². The maximum Gasteiger partial charge on any atom is 0.219 e. The smallest absolute Gasteiger partial charge is 0.219 e. The number of likely N-dealkylation sites (N-methyl/N-ethyl adjacent to an activating group) is 1. The Labute approximate surface area is 170 Å². The molecule has 3 heterocycles. The molecule has 0 unspecified atom stereocenters. The van der Waals surface area contributed by atoms with Crippen LogP contribution in [-0.2, 0) is 9.63 Å². The lowest BCUT2D eigenvalue weighted by atomic mass is 10.00. The number of imidazole rings is 1. The third-order valence-corrected chi connectivity index (χ3v) is 5.17. The van der Waals surface area contributed by atoms with E-state index >= 15 is 0 Å². The highest BCUT2D eigenvalue weighted by molar-refractivity contribution is 6.03. The van der Waals surface area contributed by atoms with Crippen molar-refractivity contribution < 1.29 is 14.4 Å². The van der Waals surface area contributed by atoms with Gasteiger partial charge in [0.1, 0.15) is 5.75 Å². The van der Waals surface area contributed by atoms with Crippen LogP contribution >= 0.6 is 0 Å². The number of rotatable bonds is 6. The van der Waals surface area contributed by atoms with Crippen LogP contribution in [0.5, 0.6) is 5.75 Å². The molecule has 1 amide bonds. The van der Waals surface area contributed by atoms with Gasteiger partial charge in [0.15, 0.2) is 5.84 Å². The number of methoxy groups -OCH3 is 1. The highest BCUT2D eigenvalue weighted by Gasteiger charge is 2.35. The number of aryl methyl sites for hydroxylation is 1. The number of hydrogen-bond acceptors (Lipinski definition) is 6. The number of oxime groups is 1. The lowest BCUT2D eigenvalue weighted by molar-refractivity contribution is -0.119. The molecule has 1 atom stereocenters. The topological polar surface area (TPSA) is 72.2 Å². The summed E-state index contributed by atoms with van der Waals surface area (Å²) in [6.45, 7) is 3.31. The fraction of sp³-hybridized carbons (Fsp3) is 0.381. The predicted molar refractivity (Wildman–Crippen MR) is 110 cm³/mol. The number of piperidine rings is 1. The fourth-order valence-electron chi connectivity index (χ4n) is 3.71. The van der Waals surface area contributed by atoms with Crippen molar-refractivity contribution in [2.75, 3.05) is 27.2 Å². The Kier molecular flexibility index (Phi) is 5.24. The lowest BCUT2D eigenvalue weighted by Crippen LogP contribution is -2.45. The summed E-state index contributed by atoms with van der Waals surface area (Å²) in [7, 11) is 3.41. The number of amidine groups is 1. The first-order valence-electron chi connectivity index (χ1n) is 9.65. The molecular weight excluding hydrogens is 370 g/mol. The van der Waals surface area contributed by atoms with Crippen molar-refractivity contribution >= 4 is 18.3 Å². The summed E-state index contributed by atoms with van der Waals surface area (Å²) in [4.78, 5) is 24.5. The van der Waals surface area contributed by atoms with Gasteiger partial charge in [0.25, 0.3) is 0 Å². The van der Waals surface area contributed by atoms with Crippen LogP contribution in [0, 0.1) is 6.92 Å². The first-order chi connectivity index (χ1) is 14.1. The number of hydrogen-bond donors (Lipinski definition) is 0. The average Bonchev–Trinajstić information content (AvgIpc) is 3.35. The van der Waals surface area contributed by atoms with E-state index in [1.165, 1.54) is 0 Å². The number of benzene rings is 1. The summed E-state index contributed by atoms with van der Waals surface area (Å²) in [6, 6.07) is 6.11. The maximum absolute atomic E-state index is 10.9. The van der Waals surface area contributed by atoms with Crippen molar-refractivity contribution in [1.29, 1.82) is 0 Å². The molecule has 2 aromatic rings. The molecule has 152 valence electrons. The number of aromatic nitrogens is 2. The molecule has 8 heteroatoms. The third kappa shape index (κ3) is 3.83. The third-order valence-electron chi connectivity index (χ3n) is 5.17. The normalized spacial score (nSPS) is 19.6. The lowest BCUT2D eigenvalue weighted by Gasteiger charge is -2.31. The Morgan fingerprint density at radius 2 is 2.28 bits per heavy atom. The Morgan fingerprint density at radius 1 is 1.41 bits per heavy atom. The molecule has 4 rings (SSSR count). The van der Waals surface area contributed by atoms with Crippen LogP contribution in [-0.4, -0.2) is 65.1 Å². The van der Waals surface area contributed by atoms with Crippen LogP contribution in [0.1, 0.15) is 24.1 Å². The summed E-state index contributed by atoms with van der Waals surface area (Å²) in [6.07, 6.45) is 8.40. The summed E-state index contributed by atoms with van der Waals surface area (Å²) >= 11 is 0. The van der Waals surface area contributed by atoms with E-state index in [0.717, 1.165) is 59.9 Å². The summed E-state index contributed by atoms with van der Waals surface area (Å²) in [5.41, 5.74) is 4.06. The van der Waals surface area contributed by atoms with E-state index in [0.29, 0.717) is 6.54 Å². The van der Waals surface area contributed by atoms with E-state index < -0.39 is 0 Å². The van der Waals surface area contributed by atoms with Gasteiger partial charge >= 0.3 is 0 Å². The second-order valence-corrected chi connectivity index (χ2v) is 7.34. The van der Waals surface area contributed by atoms with Crippen molar-refractivity contribution in [3.05, 3.63) is 47.6 Å². The number of fused-ring (bicyclic) bond motifs is 1. The number of carbonyl (C=O) groups is 1. The van der Waals surface area contributed by atoms with Gasteiger partial charge in [-0.1, -0.05) is 11.2 Å². The molecule has 2 aliphatic heterocycles. The van der Waals surface area contributed by atoms with E-state index in [4.69, 9.17) is 9.57 Å². The quantitative estimate of drug-likeness (QED) is 0.703. The van der Waals surface area contributed by atoms with E-state index in [2.05, 4.69) is 27.2 Å². The van der Waals surface area contributed by atoms with Gasteiger partial charge in [0, 0.05) is 19.8 Å². The monoisotopic (exact) mass is 395 g/mol. The molecule has 1 aromatic carbocycles. The molecule has 1 aromatic heterocycles. The Balaban J connectivity index is 1.58. The van der Waals surface area contributed by atoms with Crippen molar-refractivity contribution in [3.8, 4) is 11.4 Å². The zero-order valence-corrected chi connectivity index (χ0v) is 16.9. The van der Waals surface area contributed by atoms with Crippen molar-refractivity contribution in [2.24, 2.45) is 5.16 Å². The van der Waals surface area contributed by atoms with Gasteiger partial charge in [0.2, 0.25) is 12.6 Å². The van der Waals surface area contributed by atoms with Crippen molar-refractivity contribution in [2.45, 2.75) is 26.0 Å². The summed E-state index contributed by atoms with van der Waals surface area (Å²) in [5.74, 6) is 1.63. The molecule has 1 saturated heterocycles. The van der Waals surface area contributed by atoms with Crippen LogP contribution in [0.4, 0.5) is 0 Å². The largest absolute Gasteiger partial charge is 0.495 e. The Morgan fingerprint density at radius 3 is 3.00 bits per heavy atom.